The highest BCUT2D eigenvalue weighted by molar-refractivity contribution is 5.78. The predicted molar refractivity (Wildman–Crippen MR) is 64.6 cm³/mol. The van der Waals surface area contributed by atoms with Crippen LogP contribution < -0.4 is 0 Å². The minimum absolute atomic E-state index is 0.641. The molecule has 1 aromatic heterocycles. The first-order valence-electron chi connectivity index (χ1n) is 5.80. The zero-order chi connectivity index (χ0) is 11.7. The quantitative estimate of drug-likeness (QED) is 0.737. The highest BCUT2D eigenvalue weighted by Gasteiger charge is 2.14. The van der Waals surface area contributed by atoms with Crippen molar-refractivity contribution in [3.8, 4) is 0 Å². The van der Waals surface area contributed by atoms with Gasteiger partial charge < -0.3 is 0 Å². The summed E-state index contributed by atoms with van der Waals surface area (Å²) < 4.78 is 1.88. The monoisotopic (exact) mass is 227 g/mol. The summed E-state index contributed by atoms with van der Waals surface area (Å²) in [6.45, 7) is 10.1. The Kier molecular flexibility index (Phi) is 2.50. The van der Waals surface area contributed by atoms with Gasteiger partial charge in [-0.15, -0.1) is 5.10 Å². The van der Waals surface area contributed by atoms with Gasteiger partial charge in [0, 0.05) is 0 Å². The minimum atomic E-state index is 0.641. The highest BCUT2D eigenvalue weighted by Crippen LogP contribution is 2.20. The van der Waals surface area contributed by atoms with E-state index in [-0.39, 0.29) is 0 Å². The maximum Gasteiger partial charge on any atom is 0.189 e. The van der Waals surface area contributed by atoms with Gasteiger partial charge in [-0.2, -0.15) is 0 Å². The van der Waals surface area contributed by atoms with E-state index in [1.54, 1.807) is 6.07 Å². The van der Waals surface area contributed by atoms with Crippen molar-refractivity contribution in [2.24, 2.45) is 0 Å². The maximum absolute atomic E-state index is 7.03. The van der Waals surface area contributed by atoms with Gasteiger partial charge >= 0.3 is 0 Å². The van der Waals surface area contributed by atoms with E-state index in [9.17, 15) is 0 Å². The molecule has 0 atom stereocenters. The Labute approximate surface area is 99.5 Å². The molecule has 0 N–H and O–H groups in total. The van der Waals surface area contributed by atoms with Gasteiger partial charge in [0.05, 0.1) is 18.8 Å². The van der Waals surface area contributed by atoms with Crippen molar-refractivity contribution < 1.29 is 0 Å². The van der Waals surface area contributed by atoms with Gasteiger partial charge in [-0.05, 0) is 38.1 Å². The molecular weight excluding hydrogens is 214 g/mol. The van der Waals surface area contributed by atoms with Crippen LogP contribution in [0.4, 0.5) is 5.69 Å². The Morgan fingerprint density at radius 2 is 2.12 bits per heavy atom. The molecule has 1 aromatic carbocycles. The molecule has 0 radical (unpaired) electrons. The first-order valence-corrected chi connectivity index (χ1v) is 5.80. The number of nitrogens with zero attached hydrogens (tertiary/aromatic N) is 5. The summed E-state index contributed by atoms with van der Waals surface area (Å²) in [7, 11) is 0. The number of hydrogen-bond acceptors (Lipinski definition) is 3. The summed E-state index contributed by atoms with van der Waals surface area (Å²) >= 11 is 0. The Bertz CT molecular complexity index is 574. The number of hydrogen-bond donors (Lipinski definition) is 0. The molecule has 1 aliphatic heterocycles. The first kappa shape index (κ1) is 10.2. The Morgan fingerprint density at radius 3 is 2.88 bits per heavy atom. The molecule has 1 saturated heterocycles. The summed E-state index contributed by atoms with van der Waals surface area (Å²) in [5.74, 6) is 0. The zero-order valence-electron chi connectivity index (χ0n) is 9.50. The van der Waals surface area contributed by atoms with Crippen LogP contribution >= 0.6 is 0 Å². The molecule has 0 amide bonds. The summed E-state index contributed by atoms with van der Waals surface area (Å²) in [6, 6.07) is 5.50. The van der Waals surface area contributed by atoms with Gasteiger partial charge in [0.25, 0.3) is 0 Å². The average molecular weight is 227 g/mol. The van der Waals surface area contributed by atoms with Gasteiger partial charge in [0.15, 0.2) is 5.69 Å². The van der Waals surface area contributed by atoms with Crippen LogP contribution in [-0.4, -0.2) is 33.0 Å². The summed E-state index contributed by atoms with van der Waals surface area (Å²) in [5.41, 5.74) is 2.45. The van der Waals surface area contributed by atoms with Crippen molar-refractivity contribution in [2.45, 2.75) is 19.5 Å². The predicted octanol–water partition coefficient (Wildman–Crippen LogP) is 2.04. The van der Waals surface area contributed by atoms with E-state index in [0.29, 0.717) is 5.69 Å². The van der Waals surface area contributed by atoms with E-state index in [2.05, 4.69) is 20.1 Å². The molecule has 5 heteroatoms. The number of benzene rings is 1. The molecule has 1 fully saturated rings. The van der Waals surface area contributed by atoms with Gasteiger partial charge in [-0.3, -0.25) is 4.90 Å². The minimum Gasteiger partial charge on any atom is -0.284 e. The van der Waals surface area contributed by atoms with E-state index in [4.69, 9.17) is 6.57 Å². The van der Waals surface area contributed by atoms with Gasteiger partial charge in [-0.25, -0.2) is 9.53 Å². The summed E-state index contributed by atoms with van der Waals surface area (Å²) in [6.07, 6.45) is 2.53. The van der Waals surface area contributed by atoms with Crippen molar-refractivity contribution in [1.29, 1.82) is 0 Å². The van der Waals surface area contributed by atoms with Crippen LogP contribution in [0.1, 0.15) is 12.8 Å². The SMILES string of the molecule is [C-]#[N+]c1ccc2nnn(CN3CCCC3)c2c1. The Balaban J connectivity index is 1.95. The van der Waals surface area contributed by atoms with Crippen LogP contribution in [0.25, 0.3) is 15.9 Å². The topological polar surface area (TPSA) is 38.3 Å². The lowest BCUT2D eigenvalue weighted by Crippen LogP contribution is -2.23. The second-order valence-corrected chi connectivity index (χ2v) is 4.34. The van der Waals surface area contributed by atoms with Gasteiger partial charge in [0.2, 0.25) is 0 Å². The van der Waals surface area contributed by atoms with Crippen molar-refractivity contribution in [2.75, 3.05) is 13.1 Å². The summed E-state index contributed by atoms with van der Waals surface area (Å²) in [5, 5.41) is 8.28. The van der Waals surface area contributed by atoms with Gasteiger partial charge in [0.1, 0.15) is 5.52 Å². The van der Waals surface area contributed by atoms with Crippen LogP contribution in [0.15, 0.2) is 18.2 Å². The Morgan fingerprint density at radius 1 is 1.29 bits per heavy atom. The second kappa shape index (κ2) is 4.15. The summed E-state index contributed by atoms with van der Waals surface area (Å²) in [4.78, 5) is 5.80. The molecule has 0 spiro atoms. The third-order valence-electron chi connectivity index (χ3n) is 3.16. The van der Waals surface area contributed by atoms with Gasteiger partial charge in [-0.1, -0.05) is 11.3 Å². The number of aromatic nitrogens is 3. The lowest BCUT2D eigenvalue weighted by atomic mass is 10.3. The molecule has 3 rings (SSSR count). The van der Waals surface area contributed by atoms with Crippen LogP contribution in [0.2, 0.25) is 0 Å². The highest BCUT2D eigenvalue weighted by atomic mass is 15.5. The zero-order valence-corrected chi connectivity index (χ0v) is 9.50. The van der Waals surface area contributed by atoms with E-state index < -0.39 is 0 Å². The molecule has 5 nitrogen and oxygen atoms in total. The number of likely N-dealkylation sites (tertiary alicyclic amines) is 1. The van der Waals surface area contributed by atoms with Crippen LogP contribution in [0.5, 0.6) is 0 Å². The third-order valence-corrected chi connectivity index (χ3v) is 3.16. The number of rotatable bonds is 2. The molecule has 0 saturated carbocycles. The second-order valence-electron chi connectivity index (χ2n) is 4.34. The first-order chi connectivity index (χ1) is 8.36. The fourth-order valence-corrected chi connectivity index (χ4v) is 2.24. The number of fused-ring (bicyclic) bond motifs is 1. The molecule has 86 valence electrons. The van der Waals surface area contributed by atoms with E-state index >= 15 is 0 Å². The average Bonchev–Trinajstić information content (AvgIpc) is 2.99. The standard InChI is InChI=1S/C12H13N5/c1-13-10-4-5-11-12(8-10)17(15-14-11)9-16-6-2-3-7-16/h4-5,8H,2-3,6-7,9H2. The molecule has 0 bridgehead atoms. The van der Waals surface area contributed by atoms with Crippen LogP contribution in [0, 0.1) is 6.57 Å². The maximum atomic E-state index is 7.03. The lowest BCUT2D eigenvalue weighted by molar-refractivity contribution is 0.257. The van der Waals surface area contributed by atoms with Crippen molar-refractivity contribution >= 4 is 16.7 Å². The fraction of sp³-hybridized carbons (Fsp3) is 0.417. The van der Waals surface area contributed by atoms with Crippen molar-refractivity contribution in [1.82, 2.24) is 19.9 Å². The lowest BCUT2D eigenvalue weighted by Gasteiger charge is -2.14. The molecular formula is C12H13N5. The molecule has 2 aromatic rings. The van der Waals surface area contributed by atoms with E-state index in [1.165, 1.54) is 12.8 Å². The molecule has 0 aliphatic carbocycles. The van der Waals surface area contributed by atoms with Crippen LogP contribution in [0.3, 0.4) is 0 Å². The normalized spacial score (nSPS) is 16.4. The molecule has 2 heterocycles. The molecule has 0 unspecified atom stereocenters. The van der Waals surface area contributed by atoms with Crippen molar-refractivity contribution in [3.63, 3.8) is 0 Å². The van der Waals surface area contributed by atoms with E-state index in [0.717, 1.165) is 30.8 Å². The molecule has 1 aliphatic rings. The fourth-order valence-electron chi connectivity index (χ4n) is 2.24. The smallest absolute Gasteiger partial charge is 0.189 e. The third kappa shape index (κ3) is 1.87. The van der Waals surface area contributed by atoms with E-state index in [1.807, 2.05) is 16.8 Å². The van der Waals surface area contributed by atoms with Crippen LogP contribution in [-0.2, 0) is 6.67 Å². The Hall–Kier alpha value is -1.93. The largest absolute Gasteiger partial charge is 0.284 e. The molecule has 17 heavy (non-hydrogen) atoms. The van der Waals surface area contributed by atoms with Crippen molar-refractivity contribution in [3.05, 3.63) is 29.6 Å².